The van der Waals surface area contributed by atoms with Crippen LogP contribution < -0.4 is 15.4 Å². The quantitative estimate of drug-likeness (QED) is 0.437. The van der Waals surface area contributed by atoms with Crippen LogP contribution in [-0.2, 0) is 17.9 Å². The Kier molecular flexibility index (Phi) is 8.03. The van der Waals surface area contributed by atoms with Crippen molar-refractivity contribution in [2.75, 3.05) is 13.2 Å². The van der Waals surface area contributed by atoms with Crippen LogP contribution in [0.3, 0.4) is 0 Å². The molecule has 0 spiro atoms. The molecule has 6 nitrogen and oxygen atoms in total. The van der Waals surface area contributed by atoms with Gasteiger partial charge in [-0.15, -0.1) is 0 Å². The Labute approximate surface area is 207 Å². The highest BCUT2D eigenvalue weighted by atomic mass is 16.5. The lowest BCUT2D eigenvalue weighted by Gasteiger charge is -2.17. The summed E-state index contributed by atoms with van der Waals surface area (Å²) in [5.74, 6) is 1.06. The molecule has 0 aliphatic carbocycles. The molecule has 0 aromatic heterocycles. The molecular formula is C29H33N3O3. The lowest BCUT2D eigenvalue weighted by atomic mass is 9.98. The number of nitrogens with one attached hydrogen (secondary N) is 2. The van der Waals surface area contributed by atoms with E-state index in [1.54, 1.807) is 0 Å². The van der Waals surface area contributed by atoms with Gasteiger partial charge in [0.2, 0.25) is 5.91 Å². The maximum atomic E-state index is 12.6. The van der Waals surface area contributed by atoms with Gasteiger partial charge in [0, 0.05) is 26.1 Å². The van der Waals surface area contributed by atoms with Crippen LogP contribution >= 0.6 is 0 Å². The molecule has 2 N–H and O–H groups in total. The molecule has 1 unspecified atom stereocenters. The molecule has 1 aliphatic heterocycles. The number of benzene rings is 3. The summed E-state index contributed by atoms with van der Waals surface area (Å²) in [5, 5.41) is 5.99. The lowest BCUT2D eigenvalue weighted by molar-refractivity contribution is -0.128. The number of urea groups is 1. The summed E-state index contributed by atoms with van der Waals surface area (Å²) in [6, 6.07) is 23.8. The first-order valence-electron chi connectivity index (χ1n) is 12.3. The summed E-state index contributed by atoms with van der Waals surface area (Å²) >= 11 is 0. The first-order valence-corrected chi connectivity index (χ1v) is 12.3. The third kappa shape index (κ3) is 6.41. The maximum absolute atomic E-state index is 12.6. The zero-order valence-corrected chi connectivity index (χ0v) is 20.4. The molecule has 182 valence electrons. The van der Waals surface area contributed by atoms with Gasteiger partial charge >= 0.3 is 6.03 Å². The van der Waals surface area contributed by atoms with E-state index in [4.69, 9.17) is 4.74 Å². The fourth-order valence-corrected chi connectivity index (χ4v) is 4.36. The van der Waals surface area contributed by atoms with Crippen molar-refractivity contribution >= 4 is 11.9 Å². The number of likely N-dealkylation sites (tertiary alicyclic amines) is 1. The predicted octanol–water partition coefficient (Wildman–Crippen LogP) is 5.44. The number of carbonyl (C=O) groups is 2. The van der Waals surface area contributed by atoms with Gasteiger partial charge in [0.05, 0.1) is 12.6 Å². The first kappa shape index (κ1) is 24.3. The number of amides is 3. The number of carbonyl (C=O) groups excluding carboxylic acids is 2. The van der Waals surface area contributed by atoms with E-state index in [-0.39, 0.29) is 18.0 Å². The van der Waals surface area contributed by atoms with Gasteiger partial charge in [-0.05, 0) is 60.2 Å². The number of ether oxygens (including phenoxy) is 1. The number of nitrogens with zero attached hydrogens (tertiary/aromatic N) is 1. The second-order valence-electron chi connectivity index (χ2n) is 8.82. The molecule has 3 amide bonds. The minimum atomic E-state index is -0.216. The van der Waals surface area contributed by atoms with Crippen LogP contribution in [0.5, 0.6) is 5.75 Å². The maximum Gasteiger partial charge on any atom is 0.315 e. The fraction of sp³-hybridized carbons (Fsp3) is 0.310. The zero-order chi connectivity index (χ0) is 24.6. The van der Waals surface area contributed by atoms with Crippen molar-refractivity contribution in [3.05, 3.63) is 89.5 Å². The van der Waals surface area contributed by atoms with Crippen LogP contribution in [0.15, 0.2) is 72.8 Å². The summed E-state index contributed by atoms with van der Waals surface area (Å²) in [5.41, 5.74) is 5.35. The van der Waals surface area contributed by atoms with Crippen molar-refractivity contribution in [3.8, 4) is 16.9 Å². The normalized spacial score (nSPS) is 14.0. The van der Waals surface area contributed by atoms with Gasteiger partial charge in [0.1, 0.15) is 5.75 Å². The Hall–Kier alpha value is -3.80. The topological polar surface area (TPSA) is 70.7 Å². The van der Waals surface area contributed by atoms with Crippen molar-refractivity contribution in [1.82, 2.24) is 15.5 Å². The van der Waals surface area contributed by atoms with Crippen LogP contribution in [0.25, 0.3) is 11.1 Å². The zero-order valence-electron chi connectivity index (χ0n) is 20.4. The summed E-state index contributed by atoms with van der Waals surface area (Å²) in [6.07, 6.45) is 1.61. The van der Waals surface area contributed by atoms with Crippen LogP contribution in [0.4, 0.5) is 4.79 Å². The molecule has 1 heterocycles. The molecule has 1 saturated heterocycles. The summed E-state index contributed by atoms with van der Waals surface area (Å²) in [6.45, 7) is 6.46. The van der Waals surface area contributed by atoms with E-state index >= 15 is 0 Å². The minimum Gasteiger partial charge on any atom is -0.494 e. The molecule has 6 heteroatoms. The highest BCUT2D eigenvalue weighted by Crippen LogP contribution is 2.25. The SMILES string of the molecule is CCOc1ccc(C(C)NC(=O)NCc2ccccc2-c2ccc(CN3CCCC3=O)cc2)cc1. The van der Waals surface area contributed by atoms with Crippen molar-refractivity contribution in [1.29, 1.82) is 0 Å². The average molecular weight is 472 g/mol. The van der Waals surface area contributed by atoms with Gasteiger partial charge in [0.25, 0.3) is 0 Å². The molecular weight excluding hydrogens is 438 g/mol. The second-order valence-corrected chi connectivity index (χ2v) is 8.82. The fourth-order valence-electron chi connectivity index (χ4n) is 4.36. The highest BCUT2D eigenvalue weighted by Gasteiger charge is 2.20. The second kappa shape index (κ2) is 11.6. The largest absolute Gasteiger partial charge is 0.494 e. The van der Waals surface area contributed by atoms with E-state index in [1.807, 2.05) is 61.2 Å². The lowest BCUT2D eigenvalue weighted by Crippen LogP contribution is -2.36. The van der Waals surface area contributed by atoms with E-state index in [1.165, 1.54) is 0 Å². The number of rotatable bonds is 9. The standard InChI is InChI=1S/C29H33N3O3/c1-3-35-26-16-14-23(15-17-26)21(2)31-29(34)30-19-25-7-4-5-8-27(25)24-12-10-22(11-13-24)20-32-18-6-9-28(32)33/h4-5,7-8,10-17,21H,3,6,9,18-20H2,1-2H3,(H2,30,31,34). The molecule has 0 radical (unpaired) electrons. The van der Waals surface area contributed by atoms with Crippen LogP contribution in [0, 0.1) is 0 Å². The monoisotopic (exact) mass is 471 g/mol. The van der Waals surface area contributed by atoms with Gasteiger partial charge in [0.15, 0.2) is 0 Å². The first-order chi connectivity index (χ1) is 17.0. The molecule has 1 atom stereocenters. The molecule has 0 saturated carbocycles. The summed E-state index contributed by atoms with van der Waals surface area (Å²) in [4.78, 5) is 26.4. The van der Waals surface area contributed by atoms with E-state index in [9.17, 15) is 9.59 Å². The molecule has 0 bridgehead atoms. The Balaban J connectivity index is 1.35. The number of hydrogen-bond acceptors (Lipinski definition) is 3. The molecule has 1 aliphatic rings. The van der Waals surface area contributed by atoms with E-state index in [0.29, 0.717) is 26.1 Å². The summed E-state index contributed by atoms with van der Waals surface area (Å²) in [7, 11) is 0. The van der Waals surface area contributed by atoms with E-state index < -0.39 is 0 Å². The van der Waals surface area contributed by atoms with Crippen LogP contribution in [0.2, 0.25) is 0 Å². The molecule has 35 heavy (non-hydrogen) atoms. The van der Waals surface area contributed by atoms with Gasteiger partial charge < -0.3 is 20.3 Å². The van der Waals surface area contributed by atoms with Crippen molar-refractivity contribution in [3.63, 3.8) is 0 Å². The average Bonchev–Trinajstić information content (AvgIpc) is 3.28. The van der Waals surface area contributed by atoms with E-state index in [2.05, 4.69) is 41.0 Å². The Morgan fingerprint density at radius 3 is 2.46 bits per heavy atom. The molecule has 1 fully saturated rings. The Bertz CT molecular complexity index is 1140. The predicted molar refractivity (Wildman–Crippen MR) is 138 cm³/mol. The smallest absolute Gasteiger partial charge is 0.315 e. The third-order valence-corrected chi connectivity index (χ3v) is 6.31. The third-order valence-electron chi connectivity index (χ3n) is 6.31. The van der Waals surface area contributed by atoms with Crippen molar-refractivity contribution in [2.45, 2.75) is 45.8 Å². The Morgan fingerprint density at radius 2 is 1.77 bits per heavy atom. The molecule has 4 rings (SSSR count). The van der Waals surface area contributed by atoms with E-state index in [0.717, 1.165) is 46.5 Å². The molecule has 3 aromatic rings. The highest BCUT2D eigenvalue weighted by molar-refractivity contribution is 5.78. The van der Waals surface area contributed by atoms with Crippen molar-refractivity contribution in [2.24, 2.45) is 0 Å². The van der Waals surface area contributed by atoms with Gasteiger partial charge in [-0.2, -0.15) is 0 Å². The Morgan fingerprint density at radius 1 is 1.03 bits per heavy atom. The summed E-state index contributed by atoms with van der Waals surface area (Å²) < 4.78 is 5.48. The van der Waals surface area contributed by atoms with Gasteiger partial charge in [-0.1, -0.05) is 60.7 Å². The van der Waals surface area contributed by atoms with Gasteiger partial charge in [-0.3, -0.25) is 4.79 Å². The van der Waals surface area contributed by atoms with Crippen LogP contribution in [-0.4, -0.2) is 30.0 Å². The van der Waals surface area contributed by atoms with Crippen LogP contribution in [0.1, 0.15) is 49.4 Å². The minimum absolute atomic E-state index is 0.129. The number of hydrogen-bond donors (Lipinski definition) is 2. The van der Waals surface area contributed by atoms with Crippen molar-refractivity contribution < 1.29 is 14.3 Å². The van der Waals surface area contributed by atoms with Gasteiger partial charge in [-0.25, -0.2) is 4.79 Å². The molecule has 3 aromatic carbocycles.